The predicted octanol–water partition coefficient (Wildman–Crippen LogP) is 5.06. The van der Waals surface area contributed by atoms with Crippen LogP contribution in [0.4, 0.5) is 0 Å². The van der Waals surface area contributed by atoms with Crippen LogP contribution in [0.2, 0.25) is 0 Å². The van der Waals surface area contributed by atoms with Crippen LogP contribution in [-0.2, 0) is 6.54 Å². The maximum Gasteiger partial charge on any atom is 0.291 e. The number of nitrogens with zero attached hydrogens (tertiary/aromatic N) is 1. The maximum absolute atomic E-state index is 13.6. The van der Waals surface area contributed by atoms with Crippen molar-refractivity contribution >= 4 is 16.9 Å². The molecule has 0 N–H and O–H groups in total. The number of hydrogen-bond donors (Lipinski definition) is 0. The van der Waals surface area contributed by atoms with Crippen LogP contribution in [0.5, 0.6) is 0 Å². The molecule has 1 aliphatic rings. The summed E-state index contributed by atoms with van der Waals surface area (Å²) in [6.07, 6.45) is 1.58. The number of hydrogen-bond acceptors (Lipinski definition) is 4. The summed E-state index contributed by atoms with van der Waals surface area (Å²) in [6, 6.07) is 14.7. The molecule has 0 spiro atoms. The second-order valence-electron chi connectivity index (χ2n) is 7.95. The van der Waals surface area contributed by atoms with Crippen molar-refractivity contribution in [3.8, 4) is 0 Å². The summed E-state index contributed by atoms with van der Waals surface area (Å²) in [7, 11) is 0. The van der Waals surface area contributed by atoms with E-state index in [0.717, 1.165) is 22.3 Å². The number of amides is 1. The van der Waals surface area contributed by atoms with E-state index in [9.17, 15) is 9.59 Å². The fourth-order valence-electron chi connectivity index (χ4n) is 4.34. The van der Waals surface area contributed by atoms with E-state index in [-0.39, 0.29) is 23.6 Å². The molecule has 1 unspecified atom stereocenters. The summed E-state index contributed by atoms with van der Waals surface area (Å²) in [5, 5.41) is 0.532. The zero-order valence-corrected chi connectivity index (χ0v) is 17.1. The fraction of sp³-hybridized carbons (Fsp3) is 0.200. The van der Waals surface area contributed by atoms with Gasteiger partial charge in [-0.05, 0) is 55.7 Å². The Hall–Kier alpha value is -3.60. The van der Waals surface area contributed by atoms with Crippen molar-refractivity contribution < 1.29 is 13.6 Å². The quantitative estimate of drug-likeness (QED) is 0.483. The average Bonchev–Trinajstić information content (AvgIpc) is 3.30. The second kappa shape index (κ2) is 6.73. The summed E-state index contributed by atoms with van der Waals surface area (Å²) < 4.78 is 11.5. The molecule has 2 aromatic heterocycles. The molecule has 150 valence electrons. The molecule has 0 fully saturated rings. The van der Waals surface area contributed by atoms with Gasteiger partial charge in [0.1, 0.15) is 11.3 Å². The molecule has 5 rings (SSSR count). The molecule has 0 bridgehead atoms. The third-order valence-corrected chi connectivity index (χ3v) is 5.71. The van der Waals surface area contributed by atoms with Crippen molar-refractivity contribution in [1.29, 1.82) is 0 Å². The fourth-order valence-corrected chi connectivity index (χ4v) is 4.34. The summed E-state index contributed by atoms with van der Waals surface area (Å²) in [5.41, 5.74) is 4.51. The number of aryl methyl sites for hydroxylation is 3. The molecule has 1 atom stereocenters. The van der Waals surface area contributed by atoms with Crippen molar-refractivity contribution in [2.45, 2.75) is 33.4 Å². The lowest BCUT2D eigenvalue weighted by molar-refractivity contribution is 0.0701. The predicted molar refractivity (Wildman–Crippen MR) is 114 cm³/mol. The number of furan rings is 1. The van der Waals surface area contributed by atoms with Gasteiger partial charge in [0.25, 0.3) is 5.91 Å². The molecule has 0 aliphatic carbocycles. The van der Waals surface area contributed by atoms with Crippen LogP contribution in [-0.4, -0.2) is 10.8 Å². The average molecular weight is 399 g/mol. The molecule has 1 amide bonds. The molecule has 0 saturated heterocycles. The summed E-state index contributed by atoms with van der Waals surface area (Å²) in [5.74, 6) is 0.470. The lowest BCUT2D eigenvalue weighted by Crippen LogP contribution is -2.29. The highest BCUT2D eigenvalue weighted by Gasteiger charge is 2.43. The van der Waals surface area contributed by atoms with Crippen molar-refractivity contribution in [2.24, 2.45) is 0 Å². The van der Waals surface area contributed by atoms with Gasteiger partial charge >= 0.3 is 0 Å². The van der Waals surface area contributed by atoms with Gasteiger partial charge in [-0.25, -0.2) is 0 Å². The Morgan fingerprint density at radius 3 is 2.43 bits per heavy atom. The van der Waals surface area contributed by atoms with Gasteiger partial charge in [0.15, 0.2) is 5.43 Å². The van der Waals surface area contributed by atoms with Crippen LogP contribution in [0.25, 0.3) is 11.0 Å². The molecule has 4 aromatic rings. The minimum absolute atomic E-state index is 0.120. The van der Waals surface area contributed by atoms with Crippen LogP contribution in [0.3, 0.4) is 0 Å². The zero-order valence-electron chi connectivity index (χ0n) is 17.1. The van der Waals surface area contributed by atoms with E-state index in [4.69, 9.17) is 8.83 Å². The highest BCUT2D eigenvalue weighted by atomic mass is 16.4. The normalized spacial score (nSPS) is 15.8. The zero-order chi connectivity index (χ0) is 21.0. The van der Waals surface area contributed by atoms with Gasteiger partial charge in [0.2, 0.25) is 5.76 Å². The van der Waals surface area contributed by atoms with Gasteiger partial charge in [0.05, 0.1) is 29.8 Å². The first kappa shape index (κ1) is 18.4. The van der Waals surface area contributed by atoms with E-state index in [1.165, 1.54) is 0 Å². The lowest BCUT2D eigenvalue weighted by atomic mass is 9.96. The summed E-state index contributed by atoms with van der Waals surface area (Å²) in [6.45, 7) is 6.10. The van der Waals surface area contributed by atoms with Gasteiger partial charge in [-0.1, -0.05) is 35.9 Å². The number of carbonyl (C=O) groups is 1. The minimum atomic E-state index is -0.528. The van der Waals surface area contributed by atoms with Crippen LogP contribution in [0.1, 0.15) is 50.2 Å². The molecule has 30 heavy (non-hydrogen) atoms. The molecule has 1 aliphatic heterocycles. The van der Waals surface area contributed by atoms with Crippen LogP contribution < -0.4 is 5.43 Å². The Morgan fingerprint density at radius 2 is 1.73 bits per heavy atom. The molecule has 0 saturated carbocycles. The molecule has 2 aromatic carbocycles. The van der Waals surface area contributed by atoms with E-state index in [2.05, 4.69) is 0 Å². The first-order valence-electron chi connectivity index (χ1n) is 9.92. The Labute approximate surface area is 173 Å². The molecule has 5 nitrogen and oxygen atoms in total. The highest BCUT2D eigenvalue weighted by Crippen LogP contribution is 2.39. The largest absolute Gasteiger partial charge is 0.467 e. The van der Waals surface area contributed by atoms with E-state index >= 15 is 0 Å². The Balaban J connectivity index is 1.78. The standard InChI is InChI=1S/C25H21NO4/c1-14-6-8-17(9-7-14)22-21-23(27)20-16(3)11-15(2)12-19(20)30-24(21)25(28)26(22)13-18-5-4-10-29-18/h4-12,22H,13H2,1-3H3. The van der Waals surface area contributed by atoms with Gasteiger partial charge in [-0.3, -0.25) is 9.59 Å². The van der Waals surface area contributed by atoms with Gasteiger partial charge in [0, 0.05) is 0 Å². The molecular weight excluding hydrogens is 378 g/mol. The van der Waals surface area contributed by atoms with E-state index in [1.54, 1.807) is 17.2 Å². The van der Waals surface area contributed by atoms with E-state index < -0.39 is 6.04 Å². The van der Waals surface area contributed by atoms with Crippen molar-refractivity contribution in [3.05, 3.63) is 104 Å². The van der Waals surface area contributed by atoms with Crippen molar-refractivity contribution in [3.63, 3.8) is 0 Å². The molecule has 0 radical (unpaired) electrons. The maximum atomic E-state index is 13.6. The van der Waals surface area contributed by atoms with Gasteiger partial charge < -0.3 is 13.7 Å². The monoisotopic (exact) mass is 399 g/mol. The SMILES string of the molecule is Cc1ccc(C2c3c(oc4cc(C)cc(C)c4c3=O)C(=O)N2Cc2ccco2)cc1. The van der Waals surface area contributed by atoms with Gasteiger partial charge in [-0.2, -0.15) is 0 Å². The second-order valence-corrected chi connectivity index (χ2v) is 7.95. The number of rotatable bonds is 3. The van der Waals surface area contributed by atoms with Gasteiger partial charge in [-0.15, -0.1) is 0 Å². The molecule has 5 heteroatoms. The molecule has 3 heterocycles. The Morgan fingerprint density at radius 1 is 0.967 bits per heavy atom. The Kier molecular flexibility index (Phi) is 4.13. The third-order valence-electron chi connectivity index (χ3n) is 5.71. The lowest BCUT2D eigenvalue weighted by Gasteiger charge is -2.24. The highest BCUT2D eigenvalue weighted by molar-refractivity contribution is 5.99. The smallest absolute Gasteiger partial charge is 0.291 e. The Bertz CT molecular complexity index is 1330. The van der Waals surface area contributed by atoms with E-state index in [1.807, 2.05) is 63.2 Å². The van der Waals surface area contributed by atoms with Crippen LogP contribution >= 0.6 is 0 Å². The van der Waals surface area contributed by atoms with Crippen molar-refractivity contribution in [1.82, 2.24) is 4.90 Å². The van der Waals surface area contributed by atoms with E-state index in [0.29, 0.717) is 22.3 Å². The summed E-state index contributed by atoms with van der Waals surface area (Å²) >= 11 is 0. The van der Waals surface area contributed by atoms with Crippen LogP contribution in [0.15, 0.2) is 68.4 Å². The van der Waals surface area contributed by atoms with Crippen LogP contribution in [0, 0.1) is 20.8 Å². The first-order valence-corrected chi connectivity index (χ1v) is 9.92. The topological polar surface area (TPSA) is 63.7 Å². The first-order chi connectivity index (χ1) is 14.4. The molecular formula is C25H21NO4. The number of carbonyl (C=O) groups excluding carboxylic acids is 1. The number of fused-ring (bicyclic) bond motifs is 2. The third kappa shape index (κ3) is 2.77. The minimum Gasteiger partial charge on any atom is -0.467 e. The number of benzene rings is 2. The van der Waals surface area contributed by atoms with Crippen molar-refractivity contribution in [2.75, 3.05) is 0 Å². The summed E-state index contributed by atoms with van der Waals surface area (Å²) in [4.78, 5) is 28.7.